The first-order valence-corrected chi connectivity index (χ1v) is 10.6. The molecule has 0 bridgehead atoms. The van der Waals surface area contributed by atoms with Crippen LogP contribution < -0.4 is 18.9 Å². The van der Waals surface area contributed by atoms with Gasteiger partial charge in [0.25, 0.3) is 0 Å². The van der Waals surface area contributed by atoms with Crippen LogP contribution in [0.2, 0.25) is 0 Å². The van der Waals surface area contributed by atoms with Crippen LogP contribution in [-0.2, 0) is 12.8 Å². The molecule has 2 aromatic carbocycles. The van der Waals surface area contributed by atoms with E-state index in [1.807, 2.05) is 0 Å². The van der Waals surface area contributed by atoms with Crippen molar-refractivity contribution in [3.63, 3.8) is 0 Å². The van der Waals surface area contributed by atoms with E-state index in [9.17, 15) is 30.0 Å². The number of hydrogen-bond acceptors (Lipinski definition) is 8. The quantitative estimate of drug-likeness (QED) is 0.312. The highest BCUT2D eigenvalue weighted by atomic mass is 16.5. The van der Waals surface area contributed by atoms with Gasteiger partial charge >= 0.3 is 11.9 Å². The molecule has 0 aliphatic rings. The number of aromatic hydroxyl groups is 2. The third-order valence-electron chi connectivity index (χ3n) is 5.56. The first-order chi connectivity index (χ1) is 16.2. The maximum absolute atomic E-state index is 11.7. The van der Waals surface area contributed by atoms with E-state index in [0.29, 0.717) is 49.7 Å². The summed E-state index contributed by atoms with van der Waals surface area (Å²) in [6.07, 6.45) is 3.35. The smallest absolute Gasteiger partial charge is 0.336 e. The Morgan fingerprint density at radius 2 is 1.00 bits per heavy atom. The maximum Gasteiger partial charge on any atom is 0.336 e. The minimum Gasteiger partial charge on any atom is -0.502 e. The van der Waals surface area contributed by atoms with E-state index in [4.69, 9.17) is 18.9 Å². The van der Waals surface area contributed by atoms with Gasteiger partial charge in [0.15, 0.2) is 23.0 Å². The number of methoxy groups -OCH3 is 4. The lowest BCUT2D eigenvalue weighted by Gasteiger charge is -2.16. The van der Waals surface area contributed by atoms with Gasteiger partial charge in [0.2, 0.25) is 11.5 Å². The number of carboxylic acids is 2. The van der Waals surface area contributed by atoms with Gasteiger partial charge in [-0.05, 0) is 37.8 Å². The lowest BCUT2D eigenvalue weighted by atomic mass is 9.96. The van der Waals surface area contributed by atoms with Crippen LogP contribution in [0, 0.1) is 0 Å². The highest BCUT2D eigenvalue weighted by molar-refractivity contribution is 5.92. The number of phenols is 2. The molecule has 10 heteroatoms. The Bertz CT molecular complexity index is 962. The Morgan fingerprint density at radius 3 is 1.26 bits per heavy atom. The molecular formula is C24H30O10. The summed E-state index contributed by atoms with van der Waals surface area (Å²) in [6, 6.07) is 2.54. The largest absolute Gasteiger partial charge is 0.502 e. The molecule has 0 saturated heterocycles. The van der Waals surface area contributed by atoms with Crippen molar-refractivity contribution in [2.24, 2.45) is 0 Å². The zero-order valence-corrected chi connectivity index (χ0v) is 19.6. The number of phenolic OH excluding ortho intramolecular Hbond substituents is 2. The van der Waals surface area contributed by atoms with Crippen molar-refractivity contribution >= 4 is 11.9 Å². The minimum atomic E-state index is -1.15. The Kier molecular flexibility index (Phi) is 9.23. The normalized spacial score (nSPS) is 10.6. The molecule has 0 aliphatic carbocycles. The molecule has 0 aromatic heterocycles. The number of carboxylic acid groups (broad SMARTS) is 2. The maximum atomic E-state index is 11.7. The van der Waals surface area contributed by atoms with E-state index in [-0.39, 0.29) is 45.6 Å². The Morgan fingerprint density at radius 1 is 0.647 bits per heavy atom. The van der Waals surface area contributed by atoms with Crippen LogP contribution >= 0.6 is 0 Å². The SMILES string of the molecule is COc1cc(C(=O)O)c(CCCCCCc2c(C(=O)O)cc(OC)c(O)c2OC)c(OC)c1O. The topological polar surface area (TPSA) is 152 Å². The number of carbonyl (C=O) groups is 2. The van der Waals surface area contributed by atoms with Crippen LogP contribution in [0.5, 0.6) is 34.5 Å². The highest BCUT2D eigenvalue weighted by Gasteiger charge is 2.24. The molecular weight excluding hydrogens is 448 g/mol. The fraction of sp³-hybridized carbons (Fsp3) is 0.417. The van der Waals surface area contributed by atoms with Gasteiger partial charge in [-0.25, -0.2) is 9.59 Å². The van der Waals surface area contributed by atoms with Gasteiger partial charge in [0.05, 0.1) is 39.6 Å². The molecule has 0 fully saturated rings. The molecule has 0 saturated carbocycles. The zero-order chi connectivity index (χ0) is 25.4. The van der Waals surface area contributed by atoms with Crippen LogP contribution in [0.4, 0.5) is 0 Å². The number of hydrogen-bond donors (Lipinski definition) is 4. The fourth-order valence-corrected chi connectivity index (χ4v) is 3.91. The van der Waals surface area contributed by atoms with E-state index in [0.717, 1.165) is 0 Å². The van der Waals surface area contributed by atoms with Crippen LogP contribution in [0.3, 0.4) is 0 Å². The molecule has 2 aromatic rings. The number of benzene rings is 2. The summed E-state index contributed by atoms with van der Waals surface area (Å²) >= 11 is 0. The predicted molar refractivity (Wildman–Crippen MR) is 122 cm³/mol. The molecule has 0 unspecified atom stereocenters. The zero-order valence-electron chi connectivity index (χ0n) is 19.6. The van der Waals surface area contributed by atoms with Gasteiger partial charge in [-0.15, -0.1) is 0 Å². The minimum absolute atomic E-state index is 0.00366. The summed E-state index contributed by atoms with van der Waals surface area (Å²) < 4.78 is 20.5. The molecule has 10 nitrogen and oxygen atoms in total. The number of unbranched alkanes of at least 4 members (excludes halogenated alkanes) is 3. The summed E-state index contributed by atoms with van der Waals surface area (Å²) in [4.78, 5) is 23.4. The van der Waals surface area contributed by atoms with Crippen molar-refractivity contribution in [3.8, 4) is 34.5 Å². The second kappa shape index (κ2) is 11.9. The average Bonchev–Trinajstić information content (AvgIpc) is 2.81. The third-order valence-corrected chi connectivity index (χ3v) is 5.56. The Balaban J connectivity index is 2.09. The van der Waals surface area contributed by atoms with Crippen LogP contribution in [0.1, 0.15) is 57.5 Å². The standard InChI is InChI=1S/C24H30O10/c1-31-17-11-15(23(27)28)13(21(33-3)19(17)25)9-7-5-6-8-10-14-16(24(29)30)12-18(32-2)20(26)22(14)34-4/h11-12,25-26H,5-10H2,1-4H3,(H,27,28)(H,29,30). The summed E-state index contributed by atoms with van der Waals surface area (Å²) in [7, 11) is 5.35. The average molecular weight is 478 g/mol. The molecule has 186 valence electrons. The molecule has 0 heterocycles. The van der Waals surface area contributed by atoms with E-state index < -0.39 is 11.9 Å². The second-order valence-electron chi connectivity index (χ2n) is 7.50. The monoisotopic (exact) mass is 478 g/mol. The molecule has 0 aliphatic heterocycles. The van der Waals surface area contributed by atoms with Crippen molar-refractivity contribution in [1.29, 1.82) is 0 Å². The summed E-state index contributed by atoms with van der Waals surface area (Å²) in [6.45, 7) is 0. The second-order valence-corrected chi connectivity index (χ2v) is 7.50. The van der Waals surface area contributed by atoms with E-state index in [1.165, 1.54) is 40.6 Å². The third kappa shape index (κ3) is 5.56. The molecule has 0 atom stereocenters. The molecule has 0 radical (unpaired) electrons. The van der Waals surface area contributed by atoms with Crippen molar-refractivity contribution in [1.82, 2.24) is 0 Å². The van der Waals surface area contributed by atoms with Gasteiger partial charge in [-0.2, -0.15) is 0 Å². The highest BCUT2D eigenvalue weighted by Crippen LogP contribution is 2.43. The molecule has 0 spiro atoms. The van der Waals surface area contributed by atoms with Gasteiger partial charge in [0, 0.05) is 11.1 Å². The summed E-state index contributed by atoms with van der Waals surface area (Å²) in [5, 5.41) is 39.7. The van der Waals surface area contributed by atoms with Crippen LogP contribution in [0.25, 0.3) is 0 Å². The number of aromatic carboxylic acids is 2. The Labute approximate surface area is 197 Å². The van der Waals surface area contributed by atoms with Gasteiger partial charge < -0.3 is 39.4 Å². The van der Waals surface area contributed by atoms with Gasteiger partial charge in [-0.3, -0.25) is 0 Å². The first-order valence-electron chi connectivity index (χ1n) is 10.6. The van der Waals surface area contributed by atoms with Crippen LogP contribution in [0.15, 0.2) is 12.1 Å². The summed E-state index contributed by atoms with van der Waals surface area (Å²) in [5.41, 5.74) is 0.749. The molecule has 2 rings (SSSR count). The van der Waals surface area contributed by atoms with E-state index in [2.05, 4.69) is 0 Å². The lowest BCUT2D eigenvalue weighted by Crippen LogP contribution is -2.07. The van der Waals surface area contributed by atoms with E-state index >= 15 is 0 Å². The molecule has 0 amide bonds. The van der Waals surface area contributed by atoms with E-state index in [1.54, 1.807) is 0 Å². The van der Waals surface area contributed by atoms with Crippen molar-refractivity contribution in [2.45, 2.75) is 38.5 Å². The van der Waals surface area contributed by atoms with Crippen molar-refractivity contribution in [2.75, 3.05) is 28.4 Å². The first kappa shape index (κ1) is 26.4. The van der Waals surface area contributed by atoms with Crippen molar-refractivity contribution in [3.05, 3.63) is 34.4 Å². The molecule has 4 N–H and O–H groups in total. The number of rotatable bonds is 13. The lowest BCUT2D eigenvalue weighted by molar-refractivity contribution is 0.0683. The van der Waals surface area contributed by atoms with Gasteiger partial charge in [-0.1, -0.05) is 12.8 Å². The fourth-order valence-electron chi connectivity index (χ4n) is 3.91. The Hall–Kier alpha value is -3.82. The number of ether oxygens (including phenoxy) is 4. The molecule has 34 heavy (non-hydrogen) atoms. The predicted octanol–water partition coefficient (Wildman–Crippen LogP) is 3.87. The van der Waals surface area contributed by atoms with Crippen LogP contribution in [-0.4, -0.2) is 60.8 Å². The summed E-state index contributed by atoms with van der Waals surface area (Å²) in [5.74, 6) is -2.64. The van der Waals surface area contributed by atoms with Gasteiger partial charge in [0.1, 0.15) is 0 Å². The van der Waals surface area contributed by atoms with Crippen molar-refractivity contribution < 1.29 is 49.0 Å².